The van der Waals surface area contributed by atoms with E-state index in [0.717, 1.165) is 32.2 Å². The van der Waals surface area contributed by atoms with Crippen LogP contribution in [0.2, 0.25) is 0 Å². The fourth-order valence-electron chi connectivity index (χ4n) is 3.42. The van der Waals surface area contributed by atoms with Gasteiger partial charge in [0.2, 0.25) is 0 Å². The normalized spacial score (nSPS) is 35.3. The summed E-state index contributed by atoms with van der Waals surface area (Å²) in [5, 5.41) is 3.74. The van der Waals surface area contributed by atoms with Crippen molar-refractivity contribution in [2.45, 2.75) is 31.8 Å². The summed E-state index contributed by atoms with van der Waals surface area (Å²) in [7, 11) is 0. The molecule has 0 aliphatic carbocycles. The standard InChI is InChI=1S/C17H26N2O/c1-14-10-18-17(2,16-6-4-3-5-7-16)13-19(14)11-15-8-9-20-12-15/h3-7,14-15,18H,8-13H2,1-2H3. The van der Waals surface area contributed by atoms with Crippen molar-refractivity contribution in [3.05, 3.63) is 35.9 Å². The van der Waals surface area contributed by atoms with Crippen LogP contribution >= 0.6 is 0 Å². The van der Waals surface area contributed by atoms with Crippen LogP contribution in [0.15, 0.2) is 30.3 Å². The topological polar surface area (TPSA) is 24.5 Å². The van der Waals surface area contributed by atoms with Crippen molar-refractivity contribution < 1.29 is 4.74 Å². The van der Waals surface area contributed by atoms with Crippen molar-refractivity contribution in [3.63, 3.8) is 0 Å². The predicted octanol–water partition coefficient (Wildman–Crippen LogP) is 2.23. The van der Waals surface area contributed by atoms with E-state index in [2.05, 4.69) is 54.4 Å². The highest BCUT2D eigenvalue weighted by molar-refractivity contribution is 5.25. The molecule has 3 atom stereocenters. The number of hydrogen-bond acceptors (Lipinski definition) is 3. The molecule has 2 heterocycles. The summed E-state index contributed by atoms with van der Waals surface area (Å²) in [6, 6.07) is 11.4. The number of hydrogen-bond donors (Lipinski definition) is 1. The van der Waals surface area contributed by atoms with Crippen LogP contribution in [0.5, 0.6) is 0 Å². The van der Waals surface area contributed by atoms with E-state index in [-0.39, 0.29) is 5.54 Å². The Labute approximate surface area is 122 Å². The molecule has 0 spiro atoms. The van der Waals surface area contributed by atoms with Crippen molar-refractivity contribution >= 4 is 0 Å². The lowest BCUT2D eigenvalue weighted by molar-refractivity contribution is 0.0747. The summed E-state index contributed by atoms with van der Waals surface area (Å²) in [4.78, 5) is 2.64. The SMILES string of the molecule is CC1CNC(C)(c2ccccc2)CN1CC1CCOC1. The molecule has 0 amide bonds. The molecule has 2 aliphatic heterocycles. The van der Waals surface area contributed by atoms with Gasteiger partial charge in [-0.2, -0.15) is 0 Å². The van der Waals surface area contributed by atoms with Gasteiger partial charge in [-0.1, -0.05) is 30.3 Å². The van der Waals surface area contributed by atoms with Gasteiger partial charge < -0.3 is 10.1 Å². The smallest absolute Gasteiger partial charge is 0.0535 e. The van der Waals surface area contributed by atoms with Crippen molar-refractivity contribution in [1.82, 2.24) is 10.2 Å². The number of rotatable bonds is 3. The van der Waals surface area contributed by atoms with E-state index in [4.69, 9.17) is 4.74 Å². The Morgan fingerprint density at radius 3 is 2.85 bits per heavy atom. The van der Waals surface area contributed by atoms with Crippen LogP contribution in [0.25, 0.3) is 0 Å². The number of nitrogens with zero attached hydrogens (tertiary/aromatic N) is 1. The molecule has 1 aromatic rings. The molecular formula is C17H26N2O. The average molecular weight is 274 g/mol. The quantitative estimate of drug-likeness (QED) is 0.915. The first-order valence-electron chi connectivity index (χ1n) is 7.80. The van der Waals surface area contributed by atoms with Gasteiger partial charge in [0.05, 0.1) is 12.1 Å². The largest absolute Gasteiger partial charge is 0.381 e. The lowest BCUT2D eigenvalue weighted by Crippen LogP contribution is -2.61. The van der Waals surface area contributed by atoms with Gasteiger partial charge >= 0.3 is 0 Å². The third kappa shape index (κ3) is 2.90. The highest BCUT2D eigenvalue weighted by atomic mass is 16.5. The van der Waals surface area contributed by atoms with Crippen LogP contribution in [-0.4, -0.2) is 43.8 Å². The molecule has 2 saturated heterocycles. The van der Waals surface area contributed by atoms with E-state index < -0.39 is 0 Å². The van der Waals surface area contributed by atoms with Crippen LogP contribution in [0.3, 0.4) is 0 Å². The fourth-order valence-corrected chi connectivity index (χ4v) is 3.42. The van der Waals surface area contributed by atoms with Gasteiger partial charge in [0, 0.05) is 32.3 Å². The van der Waals surface area contributed by atoms with Gasteiger partial charge in [0.25, 0.3) is 0 Å². The molecule has 1 aromatic carbocycles. The maximum atomic E-state index is 5.53. The molecule has 3 heteroatoms. The van der Waals surface area contributed by atoms with Crippen LogP contribution in [0, 0.1) is 5.92 Å². The van der Waals surface area contributed by atoms with Gasteiger partial charge in [-0.15, -0.1) is 0 Å². The molecule has 0 bridgehead atoms. The van der Waals surface area contributed by atoms with Crippen molar-refractivity contribution in [1.29, 1.82) is 0 Å². The Morgan fingerprint density at radius 2 is 2.15 bits per heavy atom. The maximum Gasteiger partial charge on any atom is 0.0535 e. The van der Waals surface area contributed by atoms with E-state index in [0.29, 0.717) is 6.04 Å². The Bertz CT molecular complexity index is 430. The van der Waals surface area contributed by atoms with Crippen LogP contribution < -0.4 is 5.32 Å². The highest BCUT2D eigenvalue weighted by Gasteiger charge is 2.36. The molecule has 20 heavy (non-hydrogen) atoms. The van der Waals surface area contributed by atoms with E-state index in [1.165, 1.54) is 18.5 Å². The Balaban J connectivity index is 1.71. The summed E-state index contributed by atoms with van der Waals surface area (Å²) < 4.78 is 5.53. The number of piperazine rings is 1. The summed E-state index contributed by atoms with van der Waals surface area (Å²) in [6.07, 6.45) is 1.22. The zero-order chi connectivity index (χ0) is 14.0. The third-order valence-corrected chi connectivity index (χ3v) is 4.86. The van der Waals surface area contributed by atoms with Crippen LogP contribution in [0.4, 0.5) is 0 Å². The summed E-state index contributed by atoms with van der Waals surface area (Å²) in [6.45, 7) is 9.85. The molecular weight excluding hydrogens is 248 g/mol. The lowest BCUT2D eigenvalue weighted by Gasteiger charge is -2.46. The van der Waals surface area contributed by atoms with Crippen molar-refractivity contribution in [3.8, 4) is 0 Å². The summed E-state index contributed by atoms with van der Waals surface area (Å²) in [5.41, 5.74) is 1.45. The van der Waals surface area contributed by atoms with Gasteiger partial charge in [-0.05, 0) is 31.7 Å². The predicted molar refractivity (Wildman–Crippen MR) is 81.8 cm³/mol. The average Bonchev–Trinajstić information content (AvgIpc) is 2.97. The molecule has 3 unspecified atom stereocenters. The first kappa shape index (κ1) is 14.1. The van der Waals surface area contributed by atoms with Gasteiger partial charge in [0.15, 0.2) is 0 Å². The van der Waals surface area contributed by atoms with Crippen molar-refractivity contribution in [2.75, 3.05) is 32.8 Å². The first-order valence-corrected chi connectivity index (χ1v) is 7.80. The first-order chi connectivity index (χ1) is 9.67. The second-order valence-corrected chi connectivity index (χ2v) is 6.59. The lowest BCUT2D eigenvalue weighted by atomic mass is 9.88. The number of nitrogens with one attached hydrogen (secondary N) is 1. The minimum Gasteiger partial charge on any atom is -0.381 e. The molecule has 0 aromatic heterocycles. The number of ether oxygens (including phenoxy) is 1. The van der Waals surface area contributed by atoms with Crippen molar-refractivity contribution in [2.24, 2.45) is 5.92 Å². The fraction of sp³-hybridized carbons (Fsp3) is 0.647. The molecule has 3 rings (SSSR count). The molecule has 3 nitrogen and oxygen atoms in total. The number of benzene rings is 1. The monoisotopic (exact) mass is 274 g/mol. The minimum absolute atomic E-state index is 0.0627. The van der Waals surface area contributed by atoms with E-state index in [9.17, 15) is 0 Å². The zero-order valence-corrected chi connectivity index (χ0v) is 12.6. The molecule has 0 radical (unpaired) electrons. The molecule has 2 fully saturated rings. The zero-order valence-electron chi connectivity index (χ0n) is 12.6. The maximum absolute atomic E-state index is 5.53. The third-order valence-electron chi connectivity index (χ3n) is 4.86. The van der Waals surface area contributed by atoms with Crippen LogP contribution in [0.1, 0.15) is 25.8 Å². The van der Waals surface area contributed by atoms with Gasteiger partial charge in [-0.3, -0.25) is 4.90 Å². The molecule has 1 N–H and O–H groups in total. The van der Waals surface area contributed by atoms with E-state index in [1.54, 1.807) is 0 Å². The molecule has 2 aliphatic rings. The Hall–Kier alpha value is -0.900. The van der Waals surface area contributed by atoms with E-state index >= 15 is 0 Å². The molecule has 110 valence electrons. The summed E-state index contributed by atoms with van der Waals surface area (Å²) >= 11 is 0. The molecule has 0 saturated carbocycles. The minimum atomic E-state index is 0.0627. The van der Waals surface area contributed by atoms with Gasteiger partial charge in [-0.25, -0.2) is 0 Å². The Kier molecular flexibility index (Phi) is 4.11. The van der Waals surface area contributed by atoms with E-state index in [1.807, 2.05) is 0 Å². The van der Waals surface area contributed by atoms with Gasteiger partial charge in [0.1, 0.15) is 0 Å². The summed E-state index contributed by atoms with van der Waals surface area (Å²) in [5.74, 6) is 0.718. The Morgan fingerprint density at radius 1 is 1.35 bits per heavy atom. The van der Waals surface area contributed by atoms with Crippen LogP contribution in [-0.2, 0) is 10.3 Å². The highest BCUT2D eigenvalue weighted by Crippen LogP contribution is 2.27. The second-order valence-electron chi connectivity index (χ2n) is 6.59. The second kappa shape index (κ2) is 5.84.